The van der Waals surface area contributed by atoms with Crippen LogP contribution in [0.4, 0.5) is 0 Å². The number of hydrogen-bond donors (Lipinski definition) is 0. The van der Waals surface area contributed by atoms with Gasteiger partial charge in [0.15, 0.2) is 0 Å². The van der Waals surface area contributed by atoms with Gasteiger partial charge in [0.2, 0.25) is 0 Å². The number of carbonyl (C=O) groups excluding carboxylic acids is 1. The molecule has 1 unspecified atom stereocenters. The van der Waals surface area contributed by atoms with E-state index in [1.165, 1.54) is 0 Å². The maximum absolute atomic E-state index is 11.1. The standard InChI is InChI=1S/C9H5N3O/c10-5-7-4-6-2-1-3-11-8(6)12-9(7)13/h1-4,6H. The largest absolute Gasteiger partial charge is 0.289 e. The molecule has 0 bridgehead atoms. The van der Waals surface area contributed by atoms with Gasteiger partial charge in [-0.1, -0.05) is 6.08 Å². The first-order valence-corrected chi connectivity index (χ1v) is 3.77. The first-order chi connectivity index (χ1) is 6.31. The van der Waals surface area contributed by atoms with Crippen molar-refractivity contribution in [1.82, 2.24) is 0 Å². The van der Waals surface area contributed by atoms with Crippen LogP contribution in [0.25, 0.3) is 0 Å². The van der Waals surface area contributed by atoms with E-state index in [1.54, 1.807) is 24.4 Å². The number of amidine groups is 1. The Bertz CT molecular complexity index is 421. The lowest BCUT2D eigenvalue weighted by Crippen LogP contribution is -2.19. The van der Waals surface area contributed by atoms with Crippen LogP contribution in [0.1, 0.15) is 0 Å². The van der Waals surface area contributed by atoms with Crippen LogP contribution in [0.15, 0.2) is 33.8 Å². The molecule has 0 fully saturated rings. The Morgan fingerprint density at radius 3 is 3.15 bits per heavy atom. The zero-order valence-corrected chi connectivity index (χ0v) is 6.64. The summed E-state index contributed by atoms with van der Waals surface area (Å²) in [6, 6.07) is 1.81. The van der Waals surface area contributed by atoms with E-state index in [0.717, 1.165) is 0 Å². The van der Waals surface area contributed by atoms with Crippen LogP contribution in [0.2, 0.25) is 0 Å². The highest BCUT2D eigenvalue weighted by molar-refractivity contribution is 6.12. The number of nitriles is 1. The third kappa shape index (κ3) is 1.20. The van der Waals surface area contributed by atoms with Crippen LogP contribution in [0, 0.1) is 17.2 Å². The molecule has 62 valence electrons. The second-order valence-electron chi connectivity index (χ2n) is 2.66. The molecule has 0 saturated heterocycles. The van der Waals surface area contributed by atoms with Gasteiger partial charge in [0, 0.05) is 6.21 Å². The van der Waals surface area contributed by atoms with Crippen molar-refractivity contribution in [2.75, 3.05) is 0 Å². The van der Waals surface area contributed by atoms with Crippen LogP contribution < -0.4 is 0 Å². The summed E-state index contributed by atoms with van der Waals surface area (Å²) in [5.41, 5.74) is 0.0931. The number of carbonyl (C=O) groups is 1. The van der Waals surface area contributed by atoms with Crippen LogP contribution in [-0.4, -0.2) is 18.0 Å². The van der Waals surface area contributed by atoms with Crippen LogP contribution in [0.3, 0.4) is 0 Å². The highest BCUT2D eigenvalue weighted by atomic mass is 16.1. The summed E-state index contributed by atoms with van der Waals surface area (Å²) in [5, 5.41) is 8.58. The van der Waals surface area contributed by atoms with Crippen molar-refractivity contribution in [2.24, 2.45) is 15.9 Å². The lowest BCUT2D eigenvalue weighted by molar-refractivity contribution is -0.114. The summed E-state index contributed by atoms with van der Waals surface area (Å²) in [7, 11) is 0. The summed E-state index contributed by atoms with van der Waals surface area (Å²) in [6.45, 7) is 0. The van der Waals surface area contributed by atoms with Crippen molar-refractivity contribution < 1.29 is 4.79 Å². The molecule has 1 atom stereocenters. The first-order valence-electron chi connectivity index (χ1n) is 3.77. The highest BCUT2D eigenvalue weighted by Gasteiger charge is 2.22. The molecule has 2 aliphatic rings. The lowest BCUT2D eigenvalue weighted by Gasteiger charge is -2.13. The van der Waals surface area contributed by atoms with E-state index in [0.29, 0.717) is 5.84 Å². The molecule has 1 amide bonds. The van der Waals surface area contributed by atoms with Gasteiger partial charge in [-0.05, 0) is 12.2 Å². The van der Waals surface area contributed by atoms with E-state index in [-0.39, 0.29) is 11.5 Å². The fraction of sp³-hybridized carbons (Fsp3) is 0.111. The SMILES string of the molecule is N#CC1=CC2C=CC=NC2=NC1=O. The molecule has 0 aromatic rings. The van der Waals surface area contributed by atoms with Gasteiger partial charge in [-0.25, -0.2) is 4.99 Å². The highest BCUT2D eigenvalue weighted by Crippen LogP contribution is 2.17. The van der Waals surface area contributed by atoms with Gasteiger partial charge in [-0.15, -0.1) is 0 Å². The average molecular weight is 171 g/mol. The predicted molar refractivity (Wildman–Crippen MR) is 47.3 cm³/mol. The van der Waals surface area contributed by atoms with E-state index >= 15 is 0 Å². The van der Waals surface area contributed by atoms with Crippen molar-refractivity contribution in [3.63, 3.8) is 0 Å². The first kappa shape index (κ1) is 7.62. The maximum atomic E-state index is 11.1. The quantitative estimate of drug-likeness (QED) is 0.536. The minimum Gasteiger partial charge on any atom is -0.266 e. The molecule has 2 rings (SSSR count). The number of dihydropyridines is 2. The number of rotatable bonds is 0. The number of hydrogen-bond acceptors (Lipinski definition) is 3. The summed E-state index contributed by atoms with van der Waals surface area (Å²) in [6.07, 6.45) is 6.77. The Kier molecular flexibility index (Phi) is 1.64. The Morgan fingerprint density at radius 2 is 2.38 bits per heavy atom. The Hall–Kier alpha value is -2.02. The van der Waals surface area contributed by atoms with E-state index in [2.05, 4.69) is 9.98 Å². The number of nitrogens with zero attached hydrogens (tertiary/aromatic N) is 3. The Labute approximate surface area is 74.6 Å². The average Bonchev–Trinajstić information content (AvgIpc) is 2.17. The monoisotopic (exact) mass is 171 g/mol. The van der Waals surface area contributed by atoms with Gasteiger partial charge in [0.25, 0.3) is 5.91 Å². The molecular weight excluding hydrogens is 166 g/mol. The molecule has 0 spiro atoms. The number of fused-ring (bicyclic) bond motifs is 1. The summed E-state index contributed by atoms with van der Waals surface area (Å²) in [5.74, 6) is -0.148. The summed E-state index contributed by atoms with van der Waals surface area (Å²) >= 11 is 0. The van der Waals surface area contributed by atoms with E-state index in [1.807, 2.05) is 6.08 Å². The van der Waals surface area contributed by atoms with Crippen molar-refractivity contribution in [1.29, 1.82) is 5.26 Å². The molecule has 13 heavy (non-hydrogen) atoms. The van der Waals surface area contributed by atoms with E-state index < -0.39 is 5.91 Å². The second-order valence-corrected chi connectivity index (χ2v) is 2.66. The second kappa shape index (κ2) is 2.79. The summed E-state index contributed by atoms with van der Waals surface area (Å²) < 4.78 is 0. The number of aliphatic imine (C=N–C) groups is 2. The molecule has 0 radical (unpaired) electrons. The van der Waals surface area contributed by atoms with E-state index in [9.17, 15) is 4.79 Å². The van der Waals surface area contributed by atoms with Crippen molar-refractivity contribution in [3.8, 4) is 6.07 Å². The normalized spacial score (nSPS) is 24.5. The van der Waals surface area contributed by atoms with Gasteiger partial charge < -0.3 is 0 Å². The zero-order chi connectivity index (χ0) is 9.26. The number of allylic oxidation sites excluding steroid dienone is 1. The topological polar surface area (TPSA) is 65.6 Å². The molecule has 4 heteroatoms. The fourth-order valence-corrected chi connectivity index (χ4v) is 1.19. The fourth-order valence-electron chi connectivity index (χ4n) is 1.19. The molecule has 0 saturated carbocycles. The third-order valence-electron chi connectivity index (χ3n) is 1.82. The van der Waals surface area contributed by atoms with Gasteiger partial charge in [-0.2, -0.15) is 10.3 Å². The Balaban J connectivity index is 2.43. The van der Waals surface area contributed by atoms with Crippen molar-refractivity contribution in [3.05, 3.63) is 23.8 Å². The molecule has 2 heterocycles. The smallest absolute Gasteiger partial charge is 0.266 e. The van der Waals surface area contributed by atoms with Gasteiger partial charge in [0.1, 0.15) is 17.5 Å². The maximum Gasteiger partial charge on any atom is 0.289 e. The van der Waals surface area contributed by atoms with Crippen molar-refractivity contribution in [2.45, 2.75) is 0 Å². The van der Waals surface area contributed by atoms with Crippen molar-refractivity contribution >= 4 is 18.0 Å². The van der Waals surface area contributed by atoms with Gasteiger partial charge in [-0.3, -0.25) is 4.79 Å². The molecule has 0 aliphatic carbocycles. The minimum absolute atomic E-state index is 0.0931. The molecular formula is C9H5N3O. The number of amides is 1. The molecule has 2 aliphatic heterocycles. The van der Waals surface area contributed by atoms with E-state index in [4.69, 9.17) is 5.26 Å². The van der Waals surface area contributed by atoms with Crippen LogP contribution >= 0.6 is 0 Å². The van der Waals surface area contributed by atoms with Crippen LogP contribution in [-0.2, 0) is 4.79 Å². The Morgan fingerprint density at radius 1 is 1.54 bits per heavy atom. The molecule has 0 aromatic heterocycles. The van der Waals surface area contributed by atoms with Gasteiger partial charge in [0.05, 0.1) is 5.92 Å². The summed E-state index contributed by atoms with van der Waals surface area (Å²) in [4.78, 5) is 18.7. The molecule has 4 nitrogen and oxygen atoms in total. The minimum atomic E-state index is -0.499. The van der Waals surface area contributed by atoms with Crippen LogP contribution in [0.5, 0.6) is 0 Å². The predicted octanol–water partition coefficient (Wildman–Crippen LogP) is 0.632. The molecule has 0 aromatic carbocycles. The third-order valence-corrected chi connectivity index (χ3v) is 1.82. The molecule has 0 N–H and O–H groups in total. The lowest BCUT2D eigenvalue weighted by atomic mass is 10.00. The van der Waals surface area contributed by atoms with Gasteiger partial charge >= 0.3 is 0 Å². The zero-order valence-electron chi connectivity index (χ0n) is 6.64.